The molecule has 3 rings (SSSR count). The van der Waals surface area contributed by atoms with Gasteiger partial charge in [0, 0.05) is 36.0 Å². The second kappa shape index (κ2) is 10.1. The van der Waals surface area contributed by atoms with Crippen molar-refractivity contribution in [2.24, 2.45) is 5.92 Å². The lowest BCUT2D eigenvalue weighted by Crippen LogP contribution is -2.42. The number of carbonyl (C=O) groups excluding carboxylic acids is 2. The first-order chi connectivity index (χ1) is 13.5. The molecule has 5 nitrogen and oxygen atoms in total. The first-order valence-electron chi connectivity index (χ1n) is 9.03. The number of carbonyl (C=O) groups is 2. The number of pyridine rings is 1. The molecule has 148 valence electrons. The molecule has 28 heavy (non-hydrogen) atoms. The summed E-state index contributed by atoms with van der Waals surface area (Å²) < 4.78 is 0. The topological polar surface area (TPSA) is 62.3 Å². The number of halogens is 2. The molecule has 1 saturated heterocycles. The Morgan fingerprint density at radius 1 is 1.14 bits per heavy atom. The van der Waals surface area contributed by atoms with Gasteiger partial charge in [0.25, 0.3) is 0 Å². The van der Waals surface area contributed by atoms with Crippen LogP contribution in [0.4, 0.5) is 5.82 Å². The van der Waals surface area contributed by atoms with Crippen LogP contribution in [0.1, 0.15) is 18.4 Å². The molecule has 8 heteroatoms. The number of hydrogen-bond donors (Lipinski definition) is 1. The average molecular weight is 438 g/mol. The molecular weight excluding hydrogens is 417 g/mol. The third-order valence-corrected chi connectivity index (χ3v) is 6.03. The predicted octanol–water partition coefficient (Wildman–Crippen LogP) is 4.50. The molecule has 0 atom stereocenters. The summed E-state index contributed by atoms with van der Waals surface area (Å²) in [4.78, 5) is 30.7. The molecule has 0 spiro atoms. The highest BCUT2D eigenvalue weighted by Crippen LogP contribution is 2.21. The van der Waals surface area contributed by atoms with Crippen LogP contribution in [0.5, 0.6) is 0 Å². The minimum absolute atomic E-state index is 0.0581. The number of benzene rings is 1. The van der Waals surface area contributed by atoms with Crippen LogP contribution < -0.4 is 5.32 Å². The van der Waals surface area contributed by atoms with Gasteiger partial charge in [-0.2, -0.15) is 0 Å². The van der Waals surface area contributed by atoms with Crippen molar-refractivity contribution < 1.29 is 9.59 Å². The Balaban J connectivity index is 1.39. The largest absolute Gasteiger partial charge is 0.342 e. The molecule has 1 aliphatic heterocycles. The number of amides is 2. The highest BCUT2D eigenvalue weighted by molar-refractivity contribution is 7.99. The summed E-state index contributed by atoms with van der Waals surface area (Å²) in [5, 5.41) is 4.05. The van der Waals surface area contributed by atoms with E-state index in [4.69, 9.17) is 23.2 Å². The smallest absolute Gasteiger partial charge is 0.232 e. The highest BCUT2D eigenvalue weighted by Gasteiger charge is 2.27. The lowest BCUT2D eigenvalue weighted by Gasteiger charge is -2.31. The van der Waals surface area contributed by atoms with Gasteiger partial charge in [-0.1, -0.05) is 35.3 Å². The number of piperidine rings is 1. The van der Waals surface area contributed by atoms with Gasteiger partial charge in [0.15, 0.2) is 0 Å². The van der Waals surface area contributed by atoms with Crippen molar-refractivity contribution in [1.29, 1.82) is 0 Å². The number of anilines is 1. The Hall–Kier alpha value is -1.76. The maximum atomic E-state index is 12.4. The van der Waals surface area contributed by atoms with Crippen molar-refractivity contribution >= 4 is 52.6 Å². The summed E-state index contributed by atoms with van der Waals surface area (Å²) in [7, 11) is 0. The van der Waals surface area contributed by atoms with Crippen LogP contribution in [0.2, 0.25) is 10.0 Å². The normalized spacial score (nSPS) is 14.7. The van der Waals surface area contributed by atoms with Crippen molar-refractivity contribution in [3.63, 3.8) is 0 Å². The van der Waals surface area contributed by atoms with Gasteiger partial charge in [-0.3, -0.25) is 9.59 Å². The monoisotopic (exact) mass is 437 g/mol. The van der Waals surface area contributed by atoms with Crippen LogP contribution in [0.3, 0.4) is 0 Å². The quantitative estimate of drug-likeness (QED) is 0.722. The lowest BCUT2D eigenvalue weighted by molar-refractivity contribution is -0.132. The summed E-state index contributed by atoms with van der Waals surface area (Å²) in [6, 6.07) is 11.0. The van der Waals surface area contributed by atoms with Gasteiger partial charge < -0.3 is 10.2 Å². The zero-order valence-corrected chi connectivity index (χ0v) is 17.6. The summed E-state index contributed by atoms with van der Waals surface area (Å²) in [6.07, 6.45) is 2.81. The van der Waals surface area contributed by atoms with Gasteiger partial charge >= 0.3 is 0 Å². The molecule has 1 aromatic carbocycles. The summed E-state index contributed by atoms with van der Waals surface area (Å²) in [5.41, 5.74) is 1.11. The van der Waals surface area contributed by atoms with E-state index < -0.39 is 0 Å². The van der Waals surface area contributed by atoms with E-state index in [-0.39, 0.29) is 17.7 Å². The van der Waals surface area contributed by atoms with Crippen LogP contribution in [0, 0.1) is 5.92 Å². The van der Waals surface area contributed by atoms with Crippen LogP contribution in [-0.4, -0.2) is 40.5 Å². The Morgan fingerprint density at radius 3 is 2.61 bits per heavy atom. The van der Waals surface area contributed by atoms with Crippen molar-refractivity contribution in [3.05, 3.63) is 58.2 Å². The number of aromatic nitrogens is 1. The van der Waals surface area contributed by atoms with Crippen LogP contribution >= 0.6 is 35.0 Å². The van der Waals surface area contributed by atoms with Gasteiger partial charge in [-0.05, 0) is 42.7 Å². The van der Waals surface area contributed by atoms with Gasteiger partial charge in [-0.15, -0.1) is 11.8 Å². The van der Waals surface area contributed by atoms with E-state index in [1.54, 1.807) is 23.9 Å². The molecule has 1 aliphatic rings. The molecule has 1 fully saturated rings. The average Bonchev–Trinajstić information content (AvgIpc) is 2.70. The SMILES string of the molecule is O=C(Nc1ccc(Cl)cn1)C1CCN(C(=O)CSCc2cccc(Cl)c2)CC1. The van der Waals surface area contributed by atoms with E-state index in [0.717, 1.165) is 11.3 Å². The number of nitrogens with one attached hydrogen (secondary N) is 1. The van der Waals surface area contributed by atoms with Gasteiger partial charge in [0.2, 0.25) is 11.8 Å². The minimum Gasteiger partial charge on any atom is -0.342 e. The molecule has 0 unspecified atom stereocenters. The second-order valence-electron chi connectivity index (χ2n) is 6.63. The zero-order chi connectivity index (χ0) is 19.9. The number of thioether (sulfide) groups is 1. The van der Waals surface area contributed by atoms with Crippen molar-refractivity contribution in [2.75, 3.05) is 24.2 Å². The van der Waals surface area contributed by atoms with Crippen LogP contribution in [-0.2, 0) is 15.3 Å². The number of nitrogens with zero attached hydrogens (tertiary/aromatic N) is 2. The lowest BCUT2D eigenvalue weighted by atomic mass is 9.96. The Morgan fingerprint density at radius 2 is 1.93 bits per heavy atom. The highest BCUT2D eigenvalue weighted by atomic mass is 35.5. The standard InChI is InChI=1S/C20H21Cl2N3O2S/c21-16-3-1-2-14(10-16)12-28-13-19(26)25-8-6-15(7-9-25)20(27)24-18-5-4-17(22)11-23-18/h1-5,10-11,15H,6-9,12-13H2,(H,23,24,27). The Kier molecular flexibility index (Phi) is 7.59. The maximum absolute atomic E-state index is 12.4. The molecule has 0 radical (unpaired) electrons. The fourth-order valence-corrected chi connectivity index (χ4v) is 4.24. The number of likely N-dealkylation sites (tertiary alicyclic amines) is 1. The third-order valence-electron chi connectivity index (χ3n) is 4.58. The predicted molar refractivity (Wildman–Crippen MR) is 115 cm³/mol. The van der Waals surface area contributed by atoms with Crippen molar-refractivity contribution in [3.8, 4) is 0 Å². The van der Waals surface area contributed by atoms with Crippen LogP contribution in [0.25, 0.3) is 0 Å². The van der Waals surface area contributed by atoms with Crippen molar-refractivity contribution in [2.45, 2.75) is 18.6 Å². The van der Waals surface area contributed by atoms with E-state index >= 15 is 0 Å². The van der Waals surface area contributed by atoms with E-state index in [2.05, 4.69) is 10.3 Å². The van der Waals surface area contributed by atoms with Crippen molar-refractivity contribution in [1.82, 2.24) is 9.88 Å². The zero-order valence-electron chi connectivity index (χ0n) is 15.2. The molecule has 1 aromatic heterocycles. The fourth-order valence-electron chi connectivity index (χ4n) is 3.04. The summed E-state index contributed by atoms with van der Waals surface area (Å²) >= 11 is 13.4. The van der Waals surface area contributed by atoms with E-state index in [0.29, 0.717) is 47.5 Å². The molecule has 0 bridgehead atoms. The van der Waals surface area contributed by atoms with Gasteiger partial charge in [0.1, 0.15) is 5.82 Å². The van der Waals surface area contributed by atoms with E-state index in [1.807, 2.05) is 29.2 Å². The van der Waals surface area contributed by atoms with Gasteiger partial charge in [0.05, 0.1) is 10.8 Å². The molecule has 0 aliphatic carbocycles. The summed E-state index contributed by atoms with van der Waals surface area (Å²) in [6.45, 7) is 1.20. The third kappa shape index (κ3) is 6.12. The van der Waals surface area contributed by atoms with E-state index in [1.165, 1.54) is 6.20 Å². The number of rotatable bonds is 6. The minimum atomic E-state index is -0.111. The number of hydrogen-bond acceptors (Lipinski definition) is 4. The van der Waals surface area contributed by atoms with E-state index in [9.17, 15) is 9.59 Å². The molecule has 2 amide bonds. The molecule has 2 aromatic rings. The Labute approximate surface area is 178 Å². The maximum Gasteiger partial charge on any atom is 0.232 e. The van der Waals surface area contributed by atoms with Gasteiger partial charge in [-0.25, -0.2) is 4.98 Å². The Bertz CT molecular complexity index is 824. The molecule has 2 heterocycles. The van der Waals surface area contributed by atoms with Crippen LogP contribution in [0.15, 0.2) is 42.6 Å². The molecular formula is C20H21Cl2N3O2S. The summed E-state index contributed by atoms with van der Waals surface area (Å²) in [5.74, 6) is 1.62. The fraction of sp³-hybridized carbons (Fsp3) is 0.350. The first kappa shape index (κ1) is 21.0. The second-order valence-corrected chi connectivity index (χ2v) is 8.49. The molecule has 1 N–H and O–H groups in total. The first-order valence-corrected chi connectivity index (χ1v) is 10.9. The molecule has 0 saturated carbocycles.